The SMILES string of the molecule is O=C(C1CCn2ccnc2C1)N1CCC(n2cc(Cl)cn2)C1. The first-order chi connectivity index (χ1) is 10.7. The van der Waals surface area contributed by atoms with Crippen molar-refractivity contribution in [1.82, 2.24) is 24.2 Å². The number of likely N-dealkylation sites (tertiary alicyclic amines) is 1. The molecule has 2 aromatic heterocycles. The first kappa shape index (κ1) is 13.8. The van der Waals surface area contributed by atoms with Crippen LogP contribution in [0.3, 0.4) is 0 Å². The van der Waals surface area contributed by atoms with Gasteiger partial charge in [-0.05, 0) is 12.8 Å². The second-order valence-corrected chi connectivity index (χ2v) is 6.53. The highest BCUT2D eigenvalue weighted by atomic mass is 35.5. The lowest BCUT2D eigenvalue weighted by Crippen LogP contribution is -2.38. The van der Waals surface area contributed by atoms with Crippen molar-refractivity contribution in [3.05, 3.63) is 35.6 Å². The second kappa shape index (κ2) is 5.43. The maximum Gasteiger partial charge on any atom is 0.226 e. The summed E-state index contributed by atoms with van der Waals surface area (Å²) >= 11 is 5.92. The Morgan fingerprint density at radius 3 is 3.05 bits per heavy atom. The fourth-order valence-electron chi connectivity index (χ4n) is 3.49. The summed E-state index contributed by atoms with van der Waals surface area (Å²) in [4.78, 5) is 19.1. The van der Waals surface area contributed by atoms with E-state index in [0.29, 0.717) is 5.02 Å². The average molecular weight is 320 g/mol. The van der Waals surface area contributed by atoms with Crippen molar-refractivity contribution in [3.63, 3.8) is 0 Å². The van der Waals surface area contributed by atoms with Gasteiger partial charge in [-0.1, -0.05) is 11.6 Å². The summed E-state index contributed by atoms with van der Waals surface area (Å²) in [6.07, 6.45) is 9.87. The standard InChI is InChI=1S/C15H18ClN5O/c16-12-8-18-21(9-12)13-2-5-20(10-13)15(22)11-1-4-19-6-3-17-14(19)7-11/h3,6,8-9,11,13H,1-2,4-5,7,10H2. The number of carbonyl (C=O) groups excluding carboxylic acids is 1. The van der Waals surface area contributed by atoms with Crippen LogP contribution in [-0.2, 0) is 17.8 Å². The maximum absolute atomic E-state index is 12.7. The van der Waals surface area contributed by atoms with Crippen molar-refractivity contribution in [3.8, 4) is 0 Å². The molecule has 2 atom stereocenters. The van der Waals surface area contributed by atoms with Gasteiger partial charge in [0.1, 0.15) is 5.82 Å². The van der Waals surface area contributed by atoms with Gasteiger partial charge in [0.15, 0.2) is 0 Å². The third kappa shape index (κ3) is 2.41. The summed E-state index contributed by atoms with van der Waals surface area (Å²) in [7, 11) is 0. The van der Waals surface area contributed by atoms with Crippen molar-refractivity contribution in [1.29, 1.82) is 0 Å². The van der Waals surface area contributed by atoms with Gasteiger partial charge in [0.2, 0.25) is 5.91 Å². The highest BCUT2D eigenvalue weighted by Gasteiger charge is 2.33. The van der Waals surface area contributed by atoms with E-state index < -0.39 is 0 Å². The van der Waals surface area contributed by atoms with Gasteiger partial charge >= 0.3 is 0 Å². The lowest BCUT2D eigenvalue weighted by molar-refractivity contribution is -0.135. The van der Waals surface area contributed by atoms with Crippen LogP contribution in [0, 0.1) is 5.92 Å². The second-order valence-electron chi connectivity index (χ2n) is 6.09. The van der Waals surface area contributed by atoms with E-state index >= 15 is 0 Å². The Morgan fingerprint density at radius 1 is 1.32 bits per heavy atom. The smallest absolute Gasteiger partial charge is 0.226 e. The van der Waals surface area contributed by atoms with Crippen LogP contribution in [0.15, 0.2) is 24.8 Å². The van der Waals surface area contributed by atoms with Gasteiger partial charge in [0.25, 0.3) is 0 Å². The Morgan fingerprint density at radius 2 is 2.23 bits per heavy atom. The summed E-state index contributed by atoms with van der Waals surface area (Å²) in [5.74, 6) is 1.35. The molecule has 116 valence electrons. The summed E-state index contributed by atoms with van der Waals surface area (Å²) in [5.41, 5.74) is 0. The quantitative estimate of drug-likeness (QED) is 0.847. The highest BCUT2D eigenvalue weighted by molar-refractivity contribution is 6.30. The number of imidazole rings is 1. The minimum absolute atomic E-state index is 0.0647. The topological polar surface area (TPSA) is 56.0 Å². The largest absolute Gasteiger partial charge is 0.340 e. The van der Waals surface area contributed by atoms with Crippen molar-refractivity contribution in [2.24, 2.45) is 5.92 Å². The van der Waals surface area contributed by atoms with Crippen LogP contribution in [0.25, 0.3) is 0 Å². The van der Waals surface area contributed by atoms with Crippen LogP contribution in [0.5, 0.6) is 0 Å². The van der Waals surface area contributed by atoms with Gasteiger partial charge in [-0.3, -0.25) is 9.48 Å². The molecule has 4 rings (SSSR count). The Balaban J connectivity index is 1.42. The molecule has 1 amide bonds. The van der Waals surface area contributed by atoms with Gasteiger partial charge in [-0.2, -0.15) is 5.10 Å². The molecule has 0 saturated carbocycles. The number of hydrogen-bond acceptors (Lipinski definition) is 3. The lowest BCUT2D eigenvalue weighted by atomic mass is 9.96. The molecule has 0 spiro atoms. The van der Waals surface area contributed by atoms with Crippen LogP contribution in [0.4, 0.5) is 0 Å². The van der Waals surface area contributed by atoms with E-state index in [1.54, 1.807) is 6.20 Å². The molecule has 1 saturated heterocycles. The van der Waals surface area contributed by atoms with E-state index in [0.717, 1.165) is 44.7 Å². The van der Waals surface area contributed by atoms with Gasteiger partial charge in [0.05, 0.1) is 17.3 Å². The Hall–Kier alpha value is -1.82. The minimum atomic E-state index is 0.0647. The number of fused-ring (bicyclic) bond motifs is 1. The van der Waals surface area contributed by atoms with E-state index in [4.69, 9.17) is 11.6 Å². The predicted molar refractivity (Wildman–Crippen MR) is 81.5 cm³/mol. The molecule has 0 aliphatic carbocycles. The van der Waals surface area contributed by atoms with Gasteiger partial charge in [0, 0.05) is 50.6 Å². The van der Waals surface area contributed by atoms with E-state index in [9.17, 15) is 4.79 Å². The van der Waals surface area contributed by atoms with Gasteiger partial charge in [-0.15, -0.1) is 0 Å². The van der Waals surface area contributed by atoms with Crippen LogP contribution >= 0.6 is 11.6 Å². The number of carbonyl (C=O) groups is 1. The molecule has 0 N–H and O–H groups in total. The van der Waals surface area contributed by atoms with Gasteiger partial charge < -0.3 is 9.47 Å². The molecule has 2 aliphatic heterocycles. The molecule has 1 fully saturated rings. The molecule has 2 aliphatic rings. The zero-order valence-corrected chi connectivity index (χ0v) is 13.0. The molecule has 7 heteroatoms. The number of nitrogens with zero attached hydrogens (tertiary/aromatic N) is 5. The lowest BCUT2D eigenvalue weighted by Gasteiger charge is -2.27. The first-order valence-corrected chi connectivity index (χ1v) is 8.07. The van der Waals surface area contributed by atoms with Crippen molar-refractivity contribution < 1.29 is 4.79 Å². The molecule has 2 unspecified atom stereocenters. The number of amides is 1. The molecular formula is C15H18ClN5O. The number of rotatable bonds is 2. The normalized spacial score (nSPS) is 24.5. The number of hydrogen-bond donors (Lipinski definition) is 0. The van der Waals surface area contributed by atoms with Crippen molar-refractivity contribution in [2.75, 3.05) is 13.1 Å². The molecular weight excluding hydrogens is 302 g/mol. The summed E-state index contributed by atoms with van der Waals surface area (Å²) in [5, 5.41) is 4.90. The van der Waals surface area contributed by atoms with Crippen LogP contribution in [0.2, 0.25) is 5.02 Å². The molecule has 6 nitrogen and oxygen atoms in total. The molecule has 2 aromatic rings. The van der Waals surface area contributed by atoms with E-state index in [1.165, 1.54) is 0 Å². The zero-order chi connectivity index (χ0) is 15.1. The predicted octanol–water partition coefficient (Wildman–Crippen LogP) is 1.77. The zero-order valence-electron chi connectivity index (χ0n) is 12.2. The monoisotopic (exact) mass is 319 g/mol. The molecule has 22 heavy (non-hydrogen) atoms. The Labute approximate surface area is 133 Å². The number of aryl methyl sites for hydroxylation is 1. The van der Waals surface area contributed by atoms with Gasteiger partial charge in [-0.25, -0.2) is 4.98 Å². The molecule has 4 heterocycles. The first-order valence-electron chi connectivity index (χ1n) is 7.69. The Kier molecular flexibility index (Phi) is 3.41. The van der Waals surface area contributed by atoms with E-state index in [2.05, 4.69) is 14.6 Å². The van der Waals surface area contributed by atoms with Crippen molar-refractivity contribution in [2.45, 2.75) is 31.8 Å². The Bertz CT molecular complexity index is 694. The average Bonchev–Trinajstić information content (AvgIpc) is 3.25. The summed E-state index contributed by atoms with van der Waals surface area (Å²) < 4.78 is 4.02. The fraction of sp³-hybridized carbons (Fsp3) is 0.533. The van der Waals surface area contributed by atoms with Crippen LogP contribution < -0.4 is 0 Å². The van der Waals surface area contributed by atoms with E-state index in [-0.39, 0.29) is 17.9 Å². The fourth-order valence-corrected chi connectivity index (χ4v) is 3.64. The summed E-state index contributed by atoms with van der Waals surface area (Å²) in [6.45, 7) is 2.41. The van der Waals surface area contributed by atoms with Crippen LogP contribution in [0.1, 0.15) is 24.7 Å². The van der Waals surface area contributed by atoms with Crippen molar-refractivity contribution >= 4 is 17.5 Å². The highest BCUT2D eigenvalue weighted by Crippen LogP contribution is 2.27. The van der Waals surface area contributed by atoms with E-state index in [1.807, 2.05) is 28.2 Å². The molecule has 0 radical (unpaired) electrons. The molecule has 0 aromatic carbocycles. The maximum atomic E-state index is 12.7. The number of halogens is 1. The minimum Gasteiger partial charge on any atom is -0.340 e. The third-order valence-electron chi connectivity index (χ3n) is 4.72. The third-order valence-corrected chi connectivity index (χ3v) is 4.91. The van der Waals surface area contributed by atoms with Crippen LogP contribution in [-0.4, -0.2) is 43.2 Å². The molecule has 0 bridgehead atoms. The number of aromatic nitrogens is 4. The summed E-state index contributed by atoms with van der Waals surface area (Å²) in [6, 6.07) is 0.238.